The third kappa shape index (κ3) is 4.80. The van der Waals surface area contributed by atoms with Gasteiger partial charge >= 0.3 is 0 Å². The molecule has 2 aromatic rings. The zero-order valence-corrected chi connectivity index (χ0v) is 14.0. The maximum Gasteiger partial charge on any atom is 0.258 e. The van der Waals surface area contributed by atoms with Gasteiger partial charge < -0.3 is 10.1 Å². The Hall–Kier alpha value is -1.42. The summed E-state index contributed by atoms with van der Waals surface area (Å²) in [6, 6.07) is 12.0. The van der Waals surface area contributed by atoms with Crippen molar-refractivity contribution < 1.29 is 9.53 Å². The van der Waals surface area contributed by atoms with Gasteiger partial charge in [-0.1, -0.05) is 46.9 Å². The molecule has 0 aliphatic carbocycles. The van der Waals surface area contributed by atoms with Crippen LogP contribution in [0, 0.1) is 0 Å². The van der Waals surface area contributed by atoms with Crippen molar-refractivity contribution in [3.8, 4) is 5.75 Å². The number of ether oxygens (including phenoxy) is 1. The normalized spacial score (nSPS) is 11.8. The minimum atomic E-state index is -0.242. The number of hydrogen-bond acceptors (Lipinski definition) is 2. The summed E-state index contributed by atoms with van der Waals surface area (Å²) in [6.07, 6.45) is 0. The van der Waals surface area contributed by atoms with E-state index in [2.05, 4.69) is 5.32 Å². The molecule has 0 aliphatic rings. The van der Waals surface area contributed by atoms with Crippen molar-refractivity contribution in [1.29, 1.82) is 0 Å². The summed E-state index contributed by atoms with van der Waals surface area (Å²) in [5.41, 5.74) is 0.960. The minimum Gasteiger partial charge on any atom is -0.482 e. The van der Waals surface area contributed by atoms with Crippen LogP contribution in [-0.2, 0) is 4.79 Å². The number of amides is 1. The Balaban J connectivity index is 1.88. The SMILES string of the molecule is C[C@@H](NC(=O)COc1ccc(Cl)cc1Cl)c1ccc(Cl)cc1. The molecule has 116 valence electrons. The van der Waals surface area contributed by atoms with Crippen LogP contribution < -0.4 is 10.1 Å². The van der Waals surface area contributed by atoms with Crippen LogP contribution in [0.15, 0.2) is 42.5 Å². The molecule has 6 heteroatoms. The van der Waals surface area contributed by atoms with Crippen LogP contribution in [0.25, 0.3) is 0 Å². The van der Waals surface area contributed by atoms with Crippen LogP contribution in [0.3, 0.4) is 0 Å². The van der Waals surface area contributed by atoms with E-state index < -0.39 is 0 Å². The zero-order valence-electron chi connectivity index (χ0n) is 11.8. The largest absolute Gasteiger partial charge is 0.482 e. The molecule has 1 atom stereocenters. The Morgan fingerprint density at radius 3 is 2.36 bits per heavy atom. The fourth-order valence-corrected chi connectivity index (χ4v) is 2.44. The number of carbonyl (C=O) groups is 1. The van der Waals surface area contributed by atoms with Crippen molar-refractivity contribution >= 4 is 40.7 Å². The van der Waals surface area contributed by atoms with E-state index >= 15 is 0 Å². The number of benzene rings is 2. The van der Waals surface area contributed by atoms with Gasteiger partial charge in [0.25, 0.3) is 5.91 Å². The molecular weight excluding hydrogens is 345 g/mol. The second-order valence-electron chi connectivity index (χ2n) is 4.70. The van der Waals surface area contributed by atoms with Gasteiger partial charge in [0.15, 0.2) is 6.61 Å². The molecule has 3 nitrogen and oxygen atoms in total. The molecule has 1 N–H and O–H groups in total. The number of halogens is 3. The van der Waals surface area contributed by atoms with E-state index in [1.165, 1.54) is 0 Å². The van der Waals surface area contributed by atoms with E-state index in [1.807, 2.05) is 19.1 Å². The molecule has 22 heavy (non-hydrogen) atoms. The second kappa shape index (κ2) is 7.73. The highest BCUT2D eigenvalue weighted by molar-refractivity contribution is 6.35. The van der Waals surface area contributed by atoms with Crippen LogP contribution in [0.4, 0.5) is 0 Å². The van der Waals surface area contributed by atoms with Crippen molar-refractivity contribution in [2.45, 2.75) is 13.0 Å². The topological polar surface area (TPSA) is 38.3 Å². The Morgan fingerprint density at radius 2 is 1.73 bits per heavy atom. The van der Waals surface area contributed by atoms with Crippen LogP contribution in [0.2, 0.25) is 15.1 Å². The van der Waals surface area contributed by atoms with Gasteiger partial charge in [0.1, 0.15) is 5.75 Å². The van der Waals surface area contributed by atoms with Crippen molar-refractivity contribution in [2.24, 2.45) is 0 Å². The Bertz CT molecular complexity index is 659. The van der Waals surface area contributed by atoms with Crippen LogP contribution >= 0.6 is 34.8 Å². The highest BCUT2D eigenvalue weighted by atomic mass is 35.5. The lowest BCUT2D eigenvalue weighted by Crippen LogP contribution is -2.31. The molecule has 0 aliphatic heterocycles. The van der Waals surface area contributed by atoms with Crippen molar-refractivity contribution in [3.63, 3.8) is 0 Å². The predicted octanol–water partition coefficient (Wildman–Crippen LogP) is 4.90. The average Bonchev–Trinajstić information content (AvgIpc) is 2.47. The predicted molar refractivity (Wildman–Crippen MR) is 90.0 cm³/mol. The molecule has 0 spiro atoms. The van der Waals surface area contributed by atoms with Gasteiger partial charge in [0.05, 0.1) is 11.1 Å². The Kier molecular flexibility index (Phi) is 5.95. The van der Waals surface area contributed by atoms with Gasteiger partial charge in [-0.2, -0.15) is 0 Å². The lowest BCUT2D eigenvalue weighted by molar-refractivity contribution is -0.123. The zero-order chi connectivity index (χ0) is 16.1. The van der Waals surface area contributed by atoms with Crippen LogP contribution in [0.5, 0.6) is 5.75 Å². The molecule has 2 rings (SSSR count). The van der Waals surface area contributed by atoms with E-state index in [0.29, 0.717) is 20.8 Å². The van der Waals surface area contributed by atoms with Crippen LogP contribution in [0.1, 0.15) is 18.5 Å². The van der Waals surface area contributed by atoms with Gasteiger partial charge in [-0.15, -0.1) is 0 Å². The Labute approximate surface area is 144 Å². The van der Waals surface area contributed by atoms with E-state index in [0.717, 1.165) is 5.56 Å². The first-order valence-electron chi connectivity index (χ1n) is 6.58. The lowest BCUT2D eigenvalue weighted by Gasteiger charge is -2.15. The highest BCUT2D eigenvalue weighted by Crippen LogP contribution is 2.27. The summed E-state index contributed by atoms with van der Waals surface area (Å²) in [6.45, 7) is 1.76. The fraction of sp³-hybridized carbons (Fsp3) is 0.188. The van der Waals surface area contributed by atoms with Crippen molar-refractivity contribution in [1.82, 2.24) is 5.32 Å². The molecule has 0 heterocycles. The van der Waals surface area contributed by atoms with E-state index in [1.54, 1.807) is 30.3 Å². The molecule has 0 radical (unpaired) electrons. The van der Waals surface area contributed by atoms with Crippen LogP contribution in [-0.4, -0.2) is 12.5 Å². The molecule has 0 saturated carbocycles. The summed E-state index contributed by atoms with van der Waals surface area (Å²) in [4.78, 5) is 11.9. The second-order valence-corrected chi connectivity index (χ2v) is 5.98. The molecule has 0 bridgehead atoms. The first kappa shape index (κ1) is 16.9. The molecule has 0 saturated heterocycles. The monoisotopic (exact) mass is 357 g/mol. The molecular formula is C16H14Cl3NO2. The number of hydrogen-bond donors (Lipinski definition) is 1. The van der Waals surface area contributed by atoms with E-state index in [-0.39, 0.29) is 18.6 Å². The molecule has 0 fully saturated rings. The van der Waals surface area contributed by atoms with E-state index in [9.17, 15) is 4.79 Å². The van der Waals surface area contributed by atoms with Crippen molar-refractivity contribution in [3.05, 3.63) is 63.1 Å². The molecule has 0 aromatic heterocycles. The van der Waals surface area contributed by atoms with Gasteiger partial charge in [0.2, 0.25) is 0 Å². The molecule has 0 unspecified atom stereocenters. The maximum absolute atomic E-state index is 11.9. The van der Waals surface area contributed by atoms with E-state index in [4.69, 9.17) is 39.5 Å². The number of carbonyl (C=O) groups excluding carboxylic acids is 1. The van der Waals surface area contributed by atoms with Gasteiger partial charge in [-0.3, -0.25) is 4.79 Å². The fourth-order valence-electron chi connectivity index (χ4n) is 1.85. The molecule has 2 aromatic carbocycles. The average molecular weight is 359 g/mol. The summed E-state index contributed by atoms with van der Waals surface area (Å²) < 4.78 is 5.39. The summed E-state index contributed by atoms with van der Waals surface area (Å²) in [5.74, 6) is 0.175. The third-order valence-corrected chi connectivity index (χ3v) is 3.78. The number of nitrogens with one attached hydrogen (secondary N) is 1. The highest BCUT2D eigenvalue weighted by Gasteiger charge is 2.11. The van der Waals surface area contributed by atoms with Gasteiger partial charge in [0, 0.05) is 10.0 Å². The first-order valence-corrected chi connectivity index (χ1v) is 7.72. The summed E-state index contributed by atoms with van der Waals surface area (Å²) >= 11 is 17.6. The lowest BCUT2D eigenvalue weighted by atomic mass is 10.1. The Morgan fingerprint density at radius 1 is 1.09 bits per heavy atom. The third-order valence-electron chi connectivity index (χ3n) is 3.00. The number of rotatable bonds is 5. The maximum atomic E-state index is 11.9. The van der Waals surface area contributed by atoms with Gasteiger partial charge in [-0.05, 0) is 42.8 Å². The minimum absolute atomic E-state index is 0.126. The summed E-state index contributed by atoms with van der Waals surface area (Å²) in [5, 5.41) is 4.38. The van der Waals surface area contributed by atoms with Crippen molar-refractivity contribution in [2.75, 3.05) is 6.61 Å². The quantitative estimate of drug-likeness (QED) is 0.825. The summed E-state index contributed by atoms with van der Waals surface area (Å²) in [7, 11) is 0. The standard InChI is InChI=1S/C16H14Cl3NO2/c1-10(11-2-4-12(17)5-3-11)20-16(21)9-22-15-7-6-13(18)8-14(15)19/h2-8,10H,9H2,1H3,(H,20,21)/t10-/m1/s1. The van der Waals surface area contributed by atoms with Gasteiger partial charge in [-0.25, -0.2) is 0 Å². The molecule has 1 amide bonds. The first-order chi connectivity index (χ1) is 10.5. The smallest absolute Gasteiger partial charge is 0.258 e.